The number of nitrogens with zero attached hydrogens (tertiary/aromatic N) is 2. The van der Waals surface area contributed by atoms with Crippen LogP contribution in [0, 0.1) is 0 Å². The van der Waals surface area contributed by atoms with Crippen molar-refractivity contribution in [3.8, 4) is 0 Å². The molecule has 1 saturated carbocycles. The SMILES string of the molecule is CC(C)(c1ccccc1)c1nnc(CCNC2CC2)o1. The fourth-order valence-electron chi connectivity index (χ4n) is 2.26. The van der Waals surface area contributed by atoms with Crippen molar-refractivity contribution in [3.05, 3.63) is 47.7 Å². The van der Waals surface area contributed by atoms with Crippen LogP contribution in [0.5, 0.6) is 0 Å². The average Bonchev–Trinajstić information content (AvgIpc) is 3.15. The smallest absolute Gasteiger partial charge is 0.226 e. The zero-order valence-electron chi connectivity index (χ0n) is 12.1. The lowest BCUT2D eigenvalue weighted by Crippen LogP contribution is -2.19. The lowest BCUT2D eigenvalue weighted by atomic mass is 9.85. The minimum Gasteiger partial charge on any atom is -0.424 e. The summed E-state index contributed by atoms with van der Waals surface area (Å²) in [5.41, 5.74) is 0.933. The van der Waals surface area contributed by atoms with Crippen molar-refractivity contribution in [2.45, 2.75) is 44.6 Å². The van der Waals surface area contributed by atoms with E-state index in [0.717, 1.165) is 24.9 Å². The maximum Gasteiger partial charge on any atom is 0.226 e. The van der Waals surface area contributed by atoms with E-state index in [-0.39, 0.29) is 5.41 Å². The van der Waals surface area contributed by atoms with Crippen molar-refractivity contribution in [1.29, 1.82) is 0 Å². The molecule has 20 heavy (non-hydrogen) atoms. The highest BCUT2D eigenvalue weighted by Gasteiger charge is 2.29. The molecule has 1 N–H and O–H groups in total. The maximum atomic E-state index is 5.84. The molecule has 2 aromatic rings. The Morgan fingerprint density at radius 1 is 1.20 bits per heavy atom. The summed E-state index contributed by atoms with van der Waals surface area (Å²) in [5, 5.41) is 11.9. The zero-order chi connectivity index (χ0) is 14.0. The van der Waals surface area contributed by atoms with Crippen LogP contribution >= 0.6 is 0 Å². The van der Waals surface area contributed by atoms with Gasteiger partial charge < -0.3 is 9.73 Å². The van der Waals surface area contributed by atoms with Crippen LogP contribution in [0.3, 0.4) is 0 Å². The molecule has 1 aliphatic carbocycles. The molecule has 0 atom stereocenters. The van der Waals surface area contributed by atoms with Crippen molar-refractivity contribution < 1.29 is 4.42 Å². The van der Waals surface area contributed by atoms with E-state index in [1.807, 2.05) is 18.2 Å². The Labute approximate surface area is 119 Å². The van der Waals surface area contributed by atoms with Gasteiger partial charge in [0.25, 0.3) is 0 Å². The zero-order valence-corrected chi connectivity index (χ0v) is 12.1. The van der Waals surface area contributed by atoms with Gasteiger partial charge in [0.15, 0.2) is 0 Å². The number of hydrogen-bond donors (Lipinski definition) is 1. The van der Waals surface area contributed by atoms with Gasteiger partial charge >= 0.3 is 0 Å². The molecule has 1 aliphatic rings. The summed E-state index contributed by atoms with van der Waals surface area (Å²) in [6.07, 6.45) is 3.40. The third-order valence-electron chi connectivity index (χ3n) is 3.85. The summed E-state index contributed by atoms with van der Waals surface area (Å²) in [7, 11) is 0. The minimum absolute atomic E-state index is 0.254. The summed E-state index contributed by atoms with van der Waals surface area (Å²) >= 11 is 0. The normalized spacial score (nSPS) is 15.5. The fourth-order valence-corrected chi connectivity index (χ4v) is 2.26. The summed E-state index contributed by atoms with van der Waals surface area (Å²) in [4.78, 5) is 0. The maximum absolute atomic E-state index is 5.84. The van der Waals surface area contributed by atoms with Crippen LogP contribution in [0.15, 0.2) is 34.7 Å². The van der Waals surface area contributed by atoms with Crippen LogP contribution in [-0.4, -0.2) is 22.8 Å². The summed E-state index contributed by atoms with van der Waals surface area (Å²) in [6.45, 7) is 5.14. The quantitative estimate of drug-likeness (QED) is 0.877. The molecule has 0 aliphatic heterocycles. The first-order valence-electron chi connectivity index (χ1n) is 7.28. The third kappa shape index (κ3) is 2.90. The van der Waals surface area contributed by atoms with E-state index in [4.69, 9.17) is 4.42 Å². The molecular formula is C16H21N3O. The topological polar surface area (TPSA) is 51.0 Å². The number of benzene rings is 1. The van der Waals surface area contributed by atoms with Gasteiger partial charge in [-0.05, 0) is 32.3 Å². The van der Waals surface area contributed by atoms with E-state index in [1.165, 1.54) is 18.4 Å². The average molecular weight is 271 g/mol. The van der Waals surface area contributed by atoms with Gasteiger partial charge in [0.1, 0.15) is 0 Å². The van der Waals surface area contributed by atoms with Crippen LogP contribution in [0.2, 0.25) is 0 Å². The Kier molecular flexibility index (Phi) is 3.57. The Bertz CT molecular complexity index is 558. The lowest BCUT2D eigenvalue weighted by molar-refractivity contribution is 0.385. The van der Waals surface area contributed by atoms with E-state index in [2.05, 4.69) is 41.5 Å². The second-order valence-corrected chi connectivity index (χ2v) is 5.97. The molecule has 0 spiro atoms. The van der Waals surface area contributed by atoms with Gasteiger partial charge in [0, 0.05) is 19.0 Å². The number of aromatic nitrogens is 2. The van der Waals surface area contributed by atoms with Crippen molar-refractivity contribution in [1.82, 2.24) is 15.5 Å². The first kappa shape index (κ1) is 13.3. The van der Waals surface area contributed by atoms with E-state index in [0.29, 0.717) is 5.89 Å². The monoisotopic (exact) mass is 271 g/mol. The van der Waals surface area contributed by atoms with Crippen molar-refractivity contribution in [2.24, 2.45) is 0 Å². The summed E-state index contributed by atoms with van der Waals surface area (Å²) in [5.74, 6) is 1.40. The Balaban J connectivity index is 1.68. The number of hydrogen-bond acceptors (Lipinski definition) is 4. The fraction of sp³-hybridized carbons (Fsp3) is 0.500. The molecule has 1 aromatic carbocycles. The highest BCUT2D eigenvalue weighted by molar-refractivity contribution is 5.29. The Hall–Kier alpha value is -1.68. The molecule has 4 nitrogen and oxygen atoms in total. The van der Waals surface area contributed by atoms with Crippen LogP contribution in [0.1, 0.15) is 44.0 Å². The molecule has 1 fully saturated rings. The van der Waals surface area contributed by atoms with Gasteiger partial charge in [-0.25, -0.2) is 0 Å². The molecule has 0 radical (unpaired) electrons. The van der Waals surface area contributed by atoms with Crippen LogP contribution < -0.4 is 5.32 Å². The van der Waals surface area contributed by atoms with E-state index < -0.39 is 0 Å². The first-order valence-corrected chi connectivity index (χ1v) is 7.28. The van der Waals surface area contributed by atoms with Gasteiger partial charge in [-0.1, -0.05) is 30.3 Å². The van der Waals surface area contributed by atoms with Crippen LogP contribution in [0.4, 0.5) is 0 Å². The van der Waals surface area contributed by atoms with Gasteiger partial charge in [0.2, 0.25) is 11.8 Å². The van der Waals surface area contributed by atoms with Crippen molar-refractivity contribution in [2.75, 3.05) is 6.54 Å². The number of rotatable bonds is 6. The molecule has 0 unspecified atom stereocenters. The minimum atomic E-state index is -0.254. The van der Waals surface area contributed by atoms with E-state index in [9.17, 15) is 0 Å². The van der Waals surface area contributed by atoms with Gasteiger partial charge in [-0.15, -0.1) is 10.2 Å². The Morgan fingerprint density at radius 3 is 2.65 bits per heavy atom. The van der Waals surface area contributed by atoms with Gasteiger partial charge in [-0.3, -0.25) is 0 Å². The molecule has 0 bridgehead atoms. The largest absolute Gasteiger partial charge is 0.424 e. The summed E-state index contributed by atoms with van der Waals surface area (Å²) < 4.78 is 5.84. The molecule has 4 heteroatoms. The molecule has 0 amide bonds. The molecule has 3 rings (SSSR count). The highest BCUT2D eigenvalue weighted by Crippen LogP contribution is 2.30. The van der Waals surface area contributed by atoms with Crippen molar-refractivity contribution >= 4 is 0 Å². The number of nitrogens with one attached hydrogen (secondary N) is 1. The molecule has 1 aromatic heterocycles. The van der Waals surface area contributed by atoms with Crippen molar-refractivity contribution in [3.63, 3.8) is 0 Å². The van der Waals surface area contributed by atoms with Crippen LogP contribution in [-0.2, 0) is 11.8 Å². The van der Waals surface area contributed by atoms with Gasteiger partial charge in [-0.2, -0.15) is 0 Å². The van der Waals surface area contributed by atoms with Gasteiger partial charge in [0.05, 0.1) is 5.41 Å². The molecular weight excluding hydrogens is 250 g/mol. The molecule has 1 heterocycles. The first-order chi connectivity index (χ1) is 9.66. The molecule has 0 saturated heterocycles. The van der Waals surface area contributed by atoms with E-state index >= 15 is 0 Å². The standard InChI is InChI=1S/C16H21N3O/c1-16(2,12-6-4-3-5-7-12)15-19-18-14(20-15)10-11-17-13-8-9-13/h3-7,13,17H,8-11H2,1-2H3. The van der Waals surface area contributed by atoms with E-state index in [1.54, 1.807) is 0 Å². The predicted octanol–water partition coefficient (Wildman–Crippen LogP) is 2.69. The predicted molar refractivity (Wildman–Crippen MR) is 77.6 cm³/mol. The second kappa shape index (κ2) is 5.37. The lowest BCUT2D eigenvalue weighted by Gasteiger charge is -2.20. The molecule has 106 valence electrons. The summed E-state index contributed by atoms with van der Waals surface area (Å²) in [6, 6.07) is 11.0. The second-order valence-electron chi connectivity index (χ2n) is 5.97. The third-order valence-corrected chi connectivity index (χ3v) is 3.85. The van der Waals surface area contributed by atoms with Crippen LogP contribution in [0.25, 0.3) is 0 Å². The highest BCUT2D eigenvalue weighted by atomic mass is 16.4. The Morgan fingerprint density at radius 2 is 1.95 bits per heavy atom.